The first-order valence-corrected chi connectivity index (χ1v) is 6.78. The molecule has 0 aliphatic heterocycles. The first kappa shape index (κ1) is 16.4. The summed E-state index contributed by atoms with van der Waals surface area (Å²) in [6.07, 6.45) is 1.37. The van der Waals surface area contributed by atoms with E-state index in [4.69, 9.17) is 5.73 Å². The molecule has 2 rings (SSSR count). The van der Waals surface area contributed by atoms with Gasteiger partial charge in [0.25, 0.3) is 5.91 Å². The van der Waals surface area contributed by atoms with Crippen molar-refractivity contribution in [3.8, 4) is 16.9 Å². The van der Waals surface area contributed by atoms with Gasteiger partial charge in [-0.3, -0.25) is 9.59 Å². The fourth-order valence-corrected chi connectivity index (χ4v) is 1.83. The van der Waals surface area contributed by atoms with Gasteiger partial charge in [0, 0.05) is 11.8 Å². The molecule has 0 aliphatic rings. The Bertz CT molecular complexity index is 758. The Balaban J connectivity index is 2.27. The van der Waals surface area contributed by atoms with Crippen LogP contribution in [0.25, 0.3) is 11.1 Å². The second-order valence-electron chi connectivity index (χ2n) is 5.54. The Kier molecular flexibility index (Phi) is 4.31. The summed E-state index contributed by atoms with van der Waals surface area (Å²) in [6.45, 7) is 2.88. The Hall–Kier alpha value is -2.96. The number of rotatable bonds is 4. The molecule has 23 heavy (non-hydrogen) atoms. The number of nitrogens with two attached hydrogens (primary N) is 1. The molecule has 0 unspecified atom stereocenters. The van der Waals surface area contributed by atoms with E-state index in [0.29, 0.717) is 11.1 Å². The van der Waals surface area contributed by atoms with Gasteiger partial charge in [-0.25, -0.2) is 9.37 Å². The zero-order valence-electron chi connectivity index (χ0n) is 12.6. The summed E-state index contributed by atoms with van der Waals surface area (Å²) in [5, 5.41) is 12.4. The highest BCUT2D eigenvalue weighted by Gasteiger charge is 2.28. The lowest BCUT2D eigenvalue weighted by Crippen LogP contribution is -2.53. The number of pyridine rings is 1. The van der Waals surface area contributed by atoms with Crippen LogP contribution in [-0.4, -0.2) is 27.4 Å². The van der Waals surface area contributed by atoms with Crippen molar-refractivity contribution < 1.29 is 19.1 Å². The largest absolute Gasteiger partial charge is 0.505 e. The maximum Gasteiger partial charge on any atom is 0.274 e. The highest BCUT2D eigenvalue weighted by atomic mass is 19.1. The van der Waals surface area contributed by atoms with Crippen LogP contribution in [0.1, 0.15) is 24.3 Å². The summed E-state index contributed by atoms with van der Waals surface area (Å²) in [4.78, 5) is 27.2. The molecule has 0 saturated heterocycles. The van der Waals surface area contributed by atoms with Gasteiger partial charge < -0.3 is 16.2 Å². The minimum Gasteiger partial charge on any atom is -0.505 e. The van der Waals surface area contributed by atoms with Crippen LogP contribution >= 0.6 is 0 Å². The van der Waals surface area contributed by atoms with Crippen LogP contribution < -0.4 is 11.1 Å². The van der Waals surface area contributed by atoms with Gasteiger partial charge in [0.15, 0.2) is 5.69 Å². The Labute approximate surface area is 132 Å². The molecule has 1 aromatic heterocycles. The lowest BCUT2D eigenvalue weighted by Gasteiger charge is -2.22. The smallest absolute Gasteiger partial charge is 0.274 e. The van der Waals surface area contributed by atoms with Gasteiger partial charge in [-0.05, 0) is 37.6 Å². The topological polar surface area (TPSA) is 105 Å². The van der Waals surface area contributed by atoms with E-state index in [-0.39, 0.29) is 17.3 Å². The van der Waals surface area contributed by atoms with Gasteiger partial charge in [0.05, 0.1) is 0 Å². The van der Waals surface area contributed by atoms with Crippen molar-refractivity contribution in [3.05, 3.63) is 48.0 Å². The summed E-state index contributed by atoms with van der Waals surface area (Å²) >= 11 is 0. The zero-order valence-corrected chi connectivity index (χ0v) is 12.6. The normalized spacial score (nSPS) is 11.1. The third-order valence-corrected chi connectivity index (χ3v) is 3.30. The van der Waals surface area contributed by atoms with Gasteiger partial charge in [0.1, 0.15) is 17.1 Å². The number of amides is 2. The average Bonchev–Trinajstić information content (AvgIpc) is 2.47. The SMILES string of the molecule is CC(C)(NC(=O)c1ncc(-c2ccc(F)cc2)cc1O)C(N)=O. The molecule has 0 atom stereocenters. The molecule has 6 nitrogen and oxygen atoms in total. The van der Waals surface area contributed by atoms with Crippen LogP contribution in [0.4, 0.5) is 4.39 Å². The van der Waals surface area contributed by atoms with E-state index in [1.165, 1.54) is 50.4 Å². The van der Waals surface area contributed by atoms with Gasteiger partial charge in [0.2, 0.25) is 5.91 Å². The van der Waals surface area contributed by atoms with Gasteiger partial charge in [-0.2, -0.15) is 0 Å². The molecule has 0 spiro atoms. The van der Waals surface area contributed by atoms with Crippen LogP contribution in [-0.2, 0) is 4.79 Å². The molecule has 0 aliphatic carbocycles. The molecular formula is C16H16FN3O3. The summed E-state index contributed by atoms with van der Waals surface area (Å²) in [5.74, 6) is -2.18. The Morgan fingerprint density at radius 3 is 2.35 bits per heavy atom. The lowest BCUT2D eigenvalue weighted by molar-refractivity contribution is -0.122. The van der Waals surface area contributed by atoms with Crippen molar-refractivity contribution in [2.24, 2.45) is 5.73 Å². The number of benzene rings is 1. The molecule has 2 aromatic rings. The lowest BCUT2D eigenvalue weighted by atomic mass is 10.0. The first-order chi connectivity index (χ1) is 10.7. The van der Waals surface area contributed by atoms with E-state index < -0.39 is 17.4 Å². The van der Waals surface area contributed by atoms with Crippen LogP contribution in [0, 0.1) is 5.82 Å². The van der Waals surface area contributed by atoms with Crippen molar-refractivity contribution in [1.82, 2.24) is 10.3 Å². The number of primary amides is 1. The number of hydrogen-bond donors (Lipinski definition) is 3. The molecule has 7 heteroatoms. The van der Waals surface area contributed by atoms with Crippen molar-refractivity contribution in [1.29, 1.82) is 0 Å². The number of hydrogen-bond acceptors (Lipinski definition) is 4. The van der Waals surface area contributed by atoms with Crippen LogP contribution in [0.3, 0.4) is 0 Å². The highest BCUT2D eigenvalue weighted by Crippen LogP contribution is 2.25. The Morgan fingerprint density at radius 2 is 1.83 bits per heavy atom. The molecule has 0 saturated carbocycles. The number of aromatic nitrogens is 1. The molecule has 120 valence electrons. The number of nitrogens with one attached hydrogen (secondary N) is 1. The van der Waals surface area contributed by atoms with E-state index in [2.05, 4.69) is 10.3 Å². The van der Waals surface area contributed by atoms with E-state index in [9.17, 15) is 19.1 Å². The quantitative estimate of drug-likeness (QED) is 0.796. The monoisotopic (exact) mass is 317 g/mol. The van der Waals surface area contributed by atoms with Crippen molar-refractivity contribution >= 4 is 11.8 Å². The van der Waals surface area contributed by atoms with Crippen LogP contribution in [0.5, 0.6) is 5.75 Å². The van der Waals surface area contributed by atoms with E-state index >= 15 is 0 Å². The third-order valence-electron chi connectivity index (χ3n) is 3.30. The maximum atomic E-state index is 12.9. The molecule has 1 heterocycles. The van der Waals surface area contributed by atoms with E-state index in [0.717, 1.165) is 0 Å². The predicted molar refractivity (Wildman–Crippen MR) is 82.0 cm³/mol. The fourth-order valence-electron chi connectivity index (χ4n) is 1.83. The fraction of sp³-hybridized carbons (Fsp3) is 0.188. The number of nitrogens with zero attached hydrogens (tertiary/aromatic N) is 1. The summed E-state index contributed by atoms with van der Waals surface area (Å²) in [7, 11) is 0. The number of halogens is 1. The molecule has 0 fully saturated rings. The second-order valence-corrected chi connectivity index (χ2v) is 5.54. The molecule has 1 aromatic carbocycles. The minimum absolute atomic E-state index is 0.231. The standard InChI is InChI=1S/C16H16FN3O3/c1-16(2,15(18)23)20-14(22)13-12(21)7-10(8-19-13)9-3-5-11(17)6-4-9/h3-8,21H,1-2H3,(H2,18,23)(H,20,22). The first-order valence-electron chi connectivity index (χ1n) is 6.78. The predicted octanol–water partition coefficient (Wildman–Crippen LogP) is 1.59. The van der Waals surface area contributed by atoms with E-state index in [1.54, 1.807) is 0 Å². The minimum atomic E-state index is -1.28. The van der Waals surface area contributed by atoms with Crippen molar-refractivity contribution in [2.75, 3.05) is 0 Å². The third kappa shape index (κ3) is 3.63. The Morgan fingerprint density at radius 1 is 1.22 bits per heavy atom. The molecule has 2 amide bonds. The summed E-state index contributed by atoms with van der Waals surface area (Å²) in [5.41, 5.74) is 4.83. The maximum absolute atomic E-state index is 12.9. The van der Waals surface area contributed by atoms with Crippen molar-refractivity contribution in [3.63, 3.8) is 0 Å². The van der Waals surface area contributed by atoms with Gasteiger partial charge in [-0.15, -0.1) is 0 Å². The summed E-state index contributed by atoms with van der Waals surface area (Å²) in [6, 6.07) is 6.96. The zero-order chi connectivity index (χ0) is 17.2. The molecule has 4 N–H and O–H groups in total. The van der Waals surface area contributed by atoms with Crippen LogP contribution in [0.15, 0.2) is 36.5 Å². The van der Waals surface area contributed by atoms with Gasteiger partial charge >= 0.3 is 0 Å². The van der Waals surface area contributed by atoms with Gasteiger partial charge in [-0.1, -0.05) is 12.1 Å². The molecule has 0 radical (unpaired) electrons. The van der Waals surface area contributed by atoms with E-state index in [1.807, 2.05) is 0 Å². The number of aromatic hydroxyl groups is 1. The number of carbonyl (C=O) groups excluding carboxylic acids is 2. The molecular weight excluding hydrogens is 301 g/mol. The second kappa shape index (κ2) is 6.04. The van der Waals surface area contributed by atoms with Crippen LogP contribution in [0.2, 0.25) is 0 Å². The average molecular weight is 317 g/mol. The molecule has 0 bridgehead atoms. The number of carbonyl (C=O) groups is 2. The summed E-state index contributed by atoms with van der Waals surface area (Å²) < 4.78 is 12.9. The van der Waals surface area contributed by atoms with Crippen molar-refractivity contribution in [2.45, 2.75) is 19.4 Å². The highest BCUT2D eigenvalue weighted by molar-refractivity contribution is 5.99.